The van der Waals surface area contributed by atoms with Gasteiger partial charge in [-0.3, -0.25) is 4.79 Å². The molecule has 3 rings (SSSR count). The second-order valence-corrected chi connectivity index (χ2v) is 7.47. The van der Waals surface area contributed by atoms with Crippen LogP contribution in [-0.2, 0) is 11.3 Å². The molecule has 1 fully saturated rings. The monoisotopic (exact) mass is 425 g/mol. The molecule has 2 aromatic carbocycles. The first kappa shape index (κ1) is 18.1. The molecule has 132 valence electrons. The van der Waals surface area contributed by atoms with Gasteiger partial charge in [0.25, 0.3) is 0 Å². The Kier molecular flexibility index (Phi) is 5.54. The average Bonchev–Trinajstić information content (AvgIpc) is 2.95. The number of thioether (sulfide) groups is 1. The molecule has 0 N–H and O–H groups in total. The second kappa shape index (κ2) is 7.66. The minimum absolute atomic E-state index is 0.0287. The van der Waals surface area contributed by atoms with E-state index in [0.717, 1.165) is 15.6 Å². The number of benzene rings is 2. The van der Waals surface area contributed by atoms with Gasteiger partial charge in [0.2, 0.25) is 5.91 Å². The fourth-order valence-electron chi connectivity index (χ4n) is 2.77. The molecule has 0 bridgehead atoms. The van der Waals surface area contributed by atoms with E-state index in [1.165, 1.54) is 23.9 Å². The zero-order chi connectivity index (χ0) is 18.0. The van der Waals surface area contributed by atoms with E-state index in [0.29, 0.717) is 23.8 Å². The van der Waals surface area contributed by atoms with Gasteiger partial charge in [-0.25, -0.2) is 4.39 Å². The molecule has 1 aliphatic rings. The van der Waals surface area contributed by atoms with Crippen LogP contribution in [0.15, 0.2) is 40.9 Å². The average molecular weight is 426 g/mol. The van der Waals surface area contributed by atoms with Crippen molar-refractivity contribution in [2.24, 2.45) is 0 Å². The van der Waals surface area contributed by atoms with Crippen LogP contribution in [0.25, 0.3) is 0 Å². The van der Waals surface area contributed by atoms with Gasteiger partial charge in [0.05, 0.1) is 20.0 Å². The number of hydrogen-bond donors (Lipinski definition) is 0. The molecule has 1 atom stereocenters. The van der Waals surface area contributed by atoms with Crippen molar-refractivity contribution in [3.8, 4) is 11.5 Å². The molecule has 1 saturated heterocycles. The van der Waals surface area contributed by atoms with Crippen LogP contribution in [0, 0.1) is 5.82 Å². The molecular weight excluding hydrogens is 409 g/mol. The van der Waals surface area contributed by atoms with Gasteiger partial charge in [-0.1, -0.05) is 28.1 Å². The van der Waals surface area contributed by atoms with E-state index in [2.05, 4.69) is 15.9 Å². The van der Waals surface area contributed by atoms with Crippen molar-refractivity contribution in [1.29, 1.82) is 0 Å². The lowest BCUT2D eigenvalue weighted by Crippen LogP contribution is -2.28. The summed E-state index contributed by atoms with van der Waals surface area (Å²) in [5.41, 5.74) is 1.68. The third-order valence-electron chi connectivity index (χ3n) is 3.98. The molecule has 0 spiro atoms. The molecule has 25 heavy (non-hydrogen) atoms. The van der Waals surface area contributed by atoms with E-state index in [4.69, 9.17) is 9.47 Å². The first-order chi connectivity index (χ1) is 12.0. The Morgan fingerprint density at radius 1 is 1.24 bits per heavy atom. The summed E-state index contributed by atoms with van der Waals surface area (Å²) in [5.74, 6) is 1.33. The zero-order valence-corrected chi connectivity index (χ0v) is 16.2. The molecule has 0 aliphatic carbocycles. The summed E-state index contributed by atoms with van der Waals surface area (Å²) < 4.78 is 25.0. The Hall–Kier alpha value is -1.73. The number of methoxy groups -OCH3 is 2. The Bertz CT molecular complexity index is 802. The molecule has 0 saturated carbocycles. The number of carbonyl (C=O) groups is 1. The summed E-state index contributed by atoms with van der Waals surface area (Å²) >= 11 is 5.10. The summed E-state index contributed by atoms with van der Waals surface area (Å²) in [6.45, 7) is 0.356. The minimum atomic E-state index is -0.305. The van der Waals surface area contributed by atoms with Crippen molar-refractivity contribution in [3.63, 3.8) is 0 Å². The Morgan fingerprint density at radius 3 is 2.64 bits per heavy atom. The Morgan fingerprint density at radius 2 is 1.96 bits per heavy atom. The highest BCUT2D eigenvalue weighted by Gasteiger charge is 2.34. The molecular formula is C18H17BrFNO3S. The Labute approximate surface area is 158 Å². The van der Waals surface area contributed by atoms with Gasteiger partial charge >= 0.3 is 0 Å². The maximum absolute atomic E-state index is 13.5. The van der Waals surface area contributed by atoms with Crippen molar-refractivity contribution in [2.45, 2.75) is 11.9 Å². The maximum atomic E-state index is 13.5. The van der Waals surface area contributed by atoms with Gasteiger partial charge in [0, 0.05) is 16.6 Å². The van der Waals surface area contributed by atoms with Crippen LogP contribution in [0.1, 0.15) is 16.5 Å². The third-order valence-corrected chi connectivity index (χ3v) is 5.90. The van der Waals surface area contributed by atoms with Crippen molar-refractivity contribution in [3.05, 3.63) is 57.8 Å². The minimum Gasteiger partial charge on any atom is -0.493 e. The quantitative estimate of drug-likeness (QED) is 0.712. The van der Waals surface area contributed by atoms with Crippen LogP contribution < -0.4 is 9.47 Å². The SMILES string of the molecule is COc1cc(Br)c(C2SCC(=O)N2Cc2cccc(F)c2)cc1OC. The lowest BCUT2D eigenvalue weighted by atomic mass is 10.1. The van der Waals surface area contributed by atoms with Gasteiger partial charge in [-0.15, -0.1) is 11.8 Å². The first-order valence-corrected chi connectivity index (χ1v) is 9.44. The van der Waals surface area contributed by atoms with Crippen LogP contribution in [0.4, 0.5) is 4.39 Å². The highest BCUT2D eigenvalue weighted by atomic mass is 79.9. The molecule has 1 heterocycles. The standard InChI is InChI=1S/C18H17BrFNO3S/c1-23-15-7-13(14(19)8-16(15)24-2)18-21(17(22)10-25-18)9-11-4-3-5-12(20)6-11/h3-8,18H,9-10H2,1-2H3. The lowest BCUT2D eigenvalue weighted by molar-refractivity contribution is -0.128. The van der Waals surface area contributed by atoms with Crippen molar-refractivity contribution in [2.75, 3.05) is 20.0 Å². The number of nitrogens with zero attached hydrogens (tertiary/aromatic N) is 1. The zero-order valence-electron chi connectivity index (χ0n) is 13.8. The van der Waals surface area contributed by atoms with Crippen molar-refractivity contribution in [1.82, 2.24) is 4.90 Å². The maximum Gasteiger partial charge on any atom is 0.234 e. The van der Waals surface area contributed by atoms with Crippen LogP contribution >= 0.6 is 27.7 Å². The normalized spacial score (nSPS) is 17.0. The molecule has 1 amide bonds. The molecule has 0 radical (unpaired) electrons. The van der Waals surface area contributed by atoms with Crippen LogP contribution in [0.3, 0.4) is 0 Å². The number of hydrogen-bond acceptors (Lipinski definition) is 4. The smallest absolute Gasteiger partial charge is 0.234 e. The van der Waals surface area contributed by atoms with Crippen LogP contribution in [-0.4, -0.2) is 30.8 Å². The summed E-state index contributed by atoms with van der Waals surface area (Å²) in [7, 11) is 3.15. The van der Waals surface area contributed by atoms with Crippen LogP contribution in [0.5, 0.6) is 11.5 Å². The third kappa shape index (κ3) is 3.77. The van der Waals surface area contributed by atoms with E-state index in [1.807, 2.05) is 18.2 Å². The van der Waals surface area contributed by atoms with Gasteiger partial charge in [-0.2, -0.15) is 0 Å². The first-order valence-electron chi connectivity index (χ1n) is 7.60. The number of carbonyl (C=O) groups excluding carboxylic acids is 1. The van der Waals surface area contributed by atoms with Crippen LogP contribution in [0.2, 0.25) is 0 Å². The van der Waals surface area contributed by atoms with Gasteiger partial charge in [0.1, 0.15) is 11.2 Å². The summed E-state index contributed by atoms with van der Waals surface area (Å²) in [4.78, 5) is 14.1. The molecule has 1 unspecified atom stereocenters. The fraction of sp³-hybridized carbons (Fsp3) is 0.278. The molecule has 7 heteroatoms. The van der Waals surface area contributed by atoms with E-state index in [1.54, 1.807) is 25.2 Å². The van der Waals surface area contributed by atoms with Crippen molar-refractivity contribution >= 4 is 33.6 Å². The summed E-state index contributed by atoms with van der Waals surface area (Å²) in [6, 6.07) is 10.0. The van der Waals surface area contributed by atoms with Crippen molar-refractivity contribution < 1.29 is 18.7 Å². The summed E-state index contributed by atoms with van der Waals surface area (Å²) in [6.07, 6.45) is 0. The summed E-state index contributed by atoms with van der Waals surface area (Å²) in [5, 5.41) is -0.176. The highest BCUT2D eigenvalue weighted by molar-refractivity contribution is 9.10. The number of rotatable bonds is 5. The van der Waals surface area contributed by atoms with E-state index < -0.39 is 0 Å². The largest absolute Gasteiger partial charge is 0.493 e. The van der Waals surface area contributed by atoms with Gasteiger partial charge < -0.3 is 14.4 Å². The van der Waals surface area contributed by atoms with Gasteiger partial charge in [0.15, 0.2) is 11.5 Å². The molecule has 4 nitrogen and oxygen atoms in total. The topological polar surface area (TPSA) is 38.8 Å². The number of ether oxygens (including phenoxy) is 2. The van der Waals surface area contributed by atoms with Gasteiger partial charge in [-0.05, 0) is 29.8 Å². The predicted octanol–water partition coefficient (Wildman–Crippen LogP) is 4.38. The molecule has 1 aliphatic heterocycles. The number of amides is 1. The fourth-order valence-corrected chi connectivity index (χ4v) is 4.68. The highest BCUT2D eigenvalue weighted by Crippen LogP contribution is 2.45. The predicted molar refractivity (Wildman–Crippen MR) is 99.4 cm³/mol. The lowest BCUT2D eigenvalue weighted by Gasteiger charge is -2.26. The molecule has 2 aromatic rings. The second-order valence-electron chi connectivity index (χ2n) is 5.54. The Balaban J connectivity index is 1.94. The molecule has 0 aromatic heterocycles. The van der Waals surface area contributed by atoms with E-state index >= 15 is 0 Å². The van der Waals surface area contributed by atoms with E-state index in [-0.39, 0.29) is 17.1 Å². The van der Waals surface area contributed by atoms with E-state index in [9.17, 15) is 9.18 Å². The number of halogens is 2.